The van der Waals surface area contributed by atoms with E-state index >= 15 is 0 Å². The third kappa shape index (κ3) is 2.55. The number of hydrogen-bond donors (Lipinski definition) is 1. The van der Waals surface area contributed by atoms with Gasteiger partial charge < -0.3 is 15.1 Å². The van der Waals surface area contributed by atoms with Crippen LogP contribution in [0.1, 0.15) is 25.7 Å². The van der Waals surface area contributed by atoms with Crippen LogP contribution in [0.5, 0.6) is 0 Å². The molecule has 0 spiro atoms. The van der Waals surface area contributed by atoms with Crippen molar-refractivity contribution >= 4 is 5.91 Å². The van der Waals surface area contributed by atoms with Crippen molar-refractivity contribution in [3.8, 4) is 0 Å². The van der Waals surface area contributed by atoms with Gasteiger partial charge in [0.05, 0.1) is 6.04 Å². The fourth-order valence-corrected chi connectivity index (χ4v) is 2.72. The highest BCUT2D eigenvalue weighted by Gasteiger charge is 2.30. The first-order valence-electron chi connectivity index (χ1n) is 6.37. The van der Waals surface area contributed by atoms with Crippen LogP contribution in [0.4, 0.5) is 0 Å². The minimum Gasteiger partial charge on any atom is -0.340 e. The van der Waals surface area contributed by atoms with Gasteiger partial charge in [0.25, 0.3) is 0 Å². The average molecular weight is 225 g/mol. The number of carbonyl (C=O) groups excluding carboxylic acids is 1. The summed E-state index contributed by atoms with van der Waals surface area (Å²) in [6.45, 7) is 3.13. The second-order valence-electron chi connectivity index (χ2n) is 5.16. The third-order valence-electron chi connectivity index (χ3n) is 3.87. The molecule has 2 fully saturated rings. The predicted octanol–water partition coefficient (Wildman–Crippen LogP) is 0.291. The van der Waals surface area contributed by atoms with Gasteiger partial charge in [0, 0.05) is 19.6 Å². The van der Waals surface area contributed by atoms with Crippen molar-refractivity contribution in [1.82, 2.24) is 15.1 Å². The maximum absolute atomic E-state index is 12.2. The van der Waals surface area contributed by atoms with E-state index in [-0.39, 0.29) is 6.04 Å². The maximum Gasteiger partial charge on any atom is 0.239 e. The lowest BCUT2D eigenvalue weighted by Gasteiger charge is -2.31. The Morgan fingerprint density at radius 2 is 2.19 bits per heavy atom. The number of carbonyl (C=O) groups is 1. The van der Waals surface area contributed by atoms with E-state index in [1.165, 1.54) is 12.8 Å². The van der Waals surface area contributed by atoms with Crippen LogP contribution in [-0.4, -0.2) is 61.5 Å². The Kier molecular flexibility index (Phi) is 3.82. The van der Waals surface area contributed by atoms with Crippen molar-refractivity contribution < 1.29 is 4.79 Å². The van der Waals surface area contributed by atoms with E-state index in [0.717, 1.165) is 32.5 Å². The van der Waals surface area contributed by atoms with Gasteiger partial charge in [-0.05, 0) is 39.4 Å². The molecular formula is C12H23N3O. The van der Waals surface area contributed by atoms with Crippen molar-refractivity contribution in [3.05, 3.63) is 0 Å². The Morgan fingerprint density at radius 3 is 2.75 bits per heavy atom. The summed E-state index contributed by atoms with van der Waals surface area (Å²) in [4.78, 5) is 16.5. The van der Waals surface area contributed by atoms with Crippen LogP contribution in [0.3, 0.4) is 0 Å². The van der Waals surface area contributed by atoms with Crippen LogP contribution in [0.15, 0.2) is 0 Å². The number of nitrogens with zero attached hydrogens (tertiary/aromatic N) is 2. The first-order chi connectivity index (χ1) is 7.68. The minimum atomic E-state index is 0.0738. The second-order valence-corrected chi connectivity index (χ2v) is 5.16. The molecule has 0 bridgehead atoms. The zero-order chi connectivity index (χ0) is 11.5. The summed E-state index contributed by atoms with van der Waals surface area (Å²) in [5.74, 6) is 0.292. The molecule has 0 radical (unpaired) electrons. The molecule has 4 nitrogen and oxygen atoms in total. The molecule has 0 aliphatic carbocycles. The number of likely N-dealkylation sites (tertiary alicyclic amines) is 1. The van der Waals surface area contributed by atoms with E-state index in [1.807, 2.05) is 11.9 Å². The summed E-state index contributed by atoms with van der Waals surface area (Å²) in [5, 5.41) is 3.33. The Bertz CT molecular complexity index is 251. The molecule has 2 atom stereocenters. The molecule has 1 amide bonds. The molecule has 0 aromatic rings. The molecule has 2 rings (SSSR count). The summed E-state index contributed by atoms with van der Waals surface area (Å²) in [5.41, 5.74) is 0. The number of hydrogen-bond acceptors (Lipinski definition) is 3. The van der Waals surface area contributed by atoms with Crippen molar-refractivity contribution in [2.24, 2.45) is 0 Å². The highest BCUT2D eigenvalue weighted by atomic mass is 16.2. The van der Waals surface area contributed by atoms with E-state index < -0.39 is 0 Å². The molecule has 2 aliphatic heterocycles. The lowest BCUT2D eigenvalue weighted by molar-refractivity contribution is -0.134. The number of likely N-dealkylation sites (N-methyl/N-ethyl adjacent to an activating group) is 2. The summed E-state index contributed by atoms with van der Waals surface area (Å²) >= 11 is 0. The van der Waals surface area contributed by atoms with Gasteiger partial charge in [-0.3, -0.25) is 4.79 Å². The molecule has 16 heavy (non-hydrogen) atoms. The summed E-state index contributed by atoms with van der Waals surface area (Å²) in [6.07, 6.45) is 4.51. The monoisotopic (exact) mass is 225 g/mol. The van der Waals surface area contributed by atoms with E-state index in [0.29, 0.717) is 11.9 Å². The molecule has 2 saturated heterocycles. The lowest BCUT2D eigenvalue weighted by atomic mass is 10.0. The van der Waals surface area contributed by atoms with Gasteiger partial charge >= 0.3 is 0 Å². The average Bonchev–Trinajstić information content (AvgIpc) is 2.75. The standard InChI is InChI=1S/C12H23N3O/c1-14-8-6-10(9-14)15(2)12(16)11-5-3-4-7-13-11/h10-11,13H,3-9H2,1-2H3. The summed E-state index contributed by atoms with van der Waals surface area (Å²) in [6, 6.07) is 0.492. The van der Waals surface area contributed by atoms with Crippen LogP contribution in [-0.2, 0) is 4.79 Å². The zero-order valence-corrected chi connectivity index (χ0v) is 10.4. The minimum absolute atomic E-state index is 0.0738. The normalized spacial score (nSPS) is 31.6. The highest BCUT2D eigenvalue weighted by molar-refractivity contribution is 5.82. The van der Waals surface area contributed by atoms with Gasteiger partial charge in [-0.25, -0.2) is 0 Å². The van der Waals surface area contributed by atoms with Crippen LogP contribution in [0.25, 0.3) is 0 Å². The molecule has 2 unspecified atom stereocenters. The van der Waals surface area contributed by atoms with Crippen molar-refractivity contribution in [3.63, 3.8) is 0 Å². The highest BCUT2D eigenvalue weighted by Crippen LogP contribution is 2.16. The molecule has 0 aromatic heterocycles. The number of nitrogens with one attached hydrogen (secondary N) is 1. The van der Waals surface area contributed by atoms with Gasteiger partial charge in [-0.15, -0.1) is 0 Å². The van der Waals surface area contributed by atoms with Crippen LogP contribution < -0.4 is 5.32 Å². The Labute approximate surface area is 98.0 Å². The predicted molar refractivity (Wildman–Crippen MR) is 64.3 cm³/mol. The molecular weight excluding hydrogens is 202 g/mol. The SMILES string of the molecule is CN1CCC(N(C)C(=O)C2CCCCN2)C1. The van der Waals surface area contributed by atoms with Crippen molar-refractivity contribution in [2.75, 3.05) is 33.7 Å². The molecule has 0 aromatic carbocycles. The van der Waals surface area contributed by atoms with Gasteiger partial charge in [-0.1, -0.05) is 6.42 Å². The van der Waals surface area contributed by atoms with E-state index in [2.05, 4.69) is 17.3 Å². The van der Waals surface area contributed by atoms with Crippen molar-refractivity contribution in [1.29, 1.82) is 0 Å². The van der Waals surface area contributed by atoms with Crippen LogP contribution >= 0.6 is 0 Å². The number of piperidine rings is 1. The first-order valence-corrected chi connectivity index (χ1v) is 6.37. The Balaban J connectivity index is 1.88. The van der Waals surface area contributed by atoms with Gasteiger partial charge in [0.2, 0.25) is 5.91 Å². The zero-order valence-electron chi connectivity index (χ0n) is 10.4. The third-order valence-corrected chi connectivity index (χ3v) is 3.87. The second kappa shape index (κ2) is 5.15. The topological polar surface area (TPSA) is 35.6 Å². The molecule has 2 heterocycles. The molecule has 1 N–H and O–H groups in total. The Morgan fingerprint density at radius 1 is 1.38 bits per heavy atom. The molecule has 92 valence electrons. The Hall–Kier alpha value is -0.610. The lowest BCUT2D eigenvalue weighted by Crippen LogP contribution is -2.50. The molecule has 0 saturated carbocycles. The van der Waals surface area contributed by atoms with E-state index in [9.17, 15) is 4.79 Å². The first kappa shape index (κ1) is 11.9. The summed E-state index contributed by atoms with van der Waals surface area (Å²) in [7, 11) is 4.08. The van der Waals surface area contributed by atoms with Gasteiger partial charge in [0.15, 0.2) is 0 Å². The largest absolute Gasteiger partial charge is 0.340 e. The smallest absolute Gasteiger partial charge is 0.239 e. The maximum atomic E-state index is 12.2. The van der Waals surface area contributed by atoms with E-state index in [4.69, 9.17) is 0 Å². The fraction of sp³-hybridized carbons (Fsp3) is 0.917. The van der Waals surface area contributed by atoms with Crippen LogP contribution in [0.2, 0.25) is 0 Å². The fourth-order valence-electron chi connectivity index (χ4n) is 2.72. The summed E-state index contributed by atoms with van der Waals surface area (Å²) < 4.78 is 0. The quantitative estimate of drug-likeness (QED) is 0.734. The molecule has 2 aliphatic rings. The van der Waals surface area contributed by atoms with Gasteiger partial charge in [-0.2, -0.15) is 0 Å². The molecule has 4 heteroatoms. The van der Waals surface area contributed by atoms with E-state index in [1.54, 1.807) is 0 Å². The van der Waals surface area contributed by atoms with Crippen molar-refractivity contribution in [2.45, 2.75) is 37.8 Å². The number of amides is 1. The van der Waals surface area contributed by atoms with Crippen LogP contribution in [0, 0.1) is 0 Å². The number of rotatable bonds is 2. The van der Waals surface area contributed by atoms with Gasteiger partial charge in [0.1, 0.15) is 0 Å².